The van der Waals surface area contributed by atoms with Gasteiger partial charge in [-0.15, -0.1) is 22.7 Å². The number of ether oxygens (including phenoxy) is 1. The van der Waals surface area contributed by atoms with Gasteiger partial charge in [0.25, 0.3) is 6.71 Å². The molecule has 6 heterocycles. The van der Waals surface area contributed by atoms with Crippen LogP contribution in [0.25, 0.3) is 129 Å². The van der Waals surface area contributed by atoms with Gasteiger partial charge in [0.2, 0.25) is 0 Å². The average Bonchev–Trinajstić information content (AvgIpc) is 1.03. The van der Waals surface area contributed by atoms with Crippen molar-refractivity contribution in [3.05, 3.63) is 266 Å². The Bertz CT molecular complexity index is 5950. The third-order valence-electron chi connectivity index (χ3n) is 19.7. The maximum absolute atomic E-state index is 7.50. The summed E-state index contributed by atoms with van der Waals surface area (Å²) in [7, 11) is 0. The molecule has 0 amide bonds. The first-order chi connectivity index (χ1) is 45.8. The molecule has 13 aromatic carbocycles. The Balaban J connectivity index is 0.801. The van der Waals surface area contributed by atoms with Crippen molar-refractivity contribution in [3.8, 4) is 56.0 Å². The molecular weight excluding hydrogens is 1200 g/mol. The molecule has 0 saturated heterocycles. The first kappa shape index (κ1) is 55.5. The zero-order valence-corrected chi connectivity index (χ0v) is 55.2. The Hall–Kier alpha value is -10.1. The number of nitrogens with zero attached hydrogens (tertiary/aromatic N) is 1. The van der Waals surface area contributed by atoms with Gasteiger partial charge in [0, 0.05) is 99.9 Å². The number of benzene rings is 13. The molecule has 17 aromatic rings. The van der Waals surface area contributed by atoms with Gasteiger partial charge in [-0.1, -0.05) is 216 Å². The number of fused-ring (bicyclic) bond motifs is 18. The highest BCUT2D eigenvalue weighted by atomic mass is 32.2. The summed E-state index contributed by atoms with van der Waals surface area (Å²) in [6.07, 6.45) is 0. The molecule has 0 N–H and O–H groups in total. The summed E-state index contributed by atoms with van der Waals surface area (Å²) in [6, 6.07) is 94.2. The summed E-state index contributed by atoms with van der Waals surface area (Å²) in [4.78, 5) is 4.85. The summed E-state index contributed by atoms with van der Waals surface area (Å²) < 4.78 is 26.4. The zero-order chi connectivity index (χ0) is 62.9. The molecular formula is C86H60BNO3S3. The minimum atomic E-state index is -0.101. The van der Waals surface area contributed by atoms with Crippen LogP contribution in [-0.4, -0.2) is 6.71 Å². The second-order valence-corrected chi connectivity index (χ2v) is 30.7. The van der Waals surface area contributed by atoms with E-state index in [1.165, 1.54) is 88.9 Å². The molecule has 0 radical (unpaired) electrons. The van der Waals surface area contributed by atoms with Gasteiger partial charge < -0.3 is 18.5 Å². The van der Waals surface area contributed by atoms with Gasteiger partial charge in [0.1, 0.15) is 33.8 Å². The maximum atomic E-state index is 7.50. The van der Waals surface area contributed by atoms with Gasteiger partial charge in [-0.05, 0) is 163 Å². The third-order valence-corrected chi connectivity index (χ3v) is 23.2. The van der Waals surface area contributed by atoms with Crippen LogP contribution in [0.5, 0.6) is 11.5 Å². The fraction of sp³-hybridized carbons (Fsp3) is 0.0930. The predicted octanol–water partition coefficient (Wildman–Crippen LogP) is 24.0. The van der Waals surface area contributed by atoms with Crippen molar-refractivity contribution < 1.29 is 13.6 Å². The lowest BCUT2D eigenvalue weighted by molar-refractivity contribution is 0.486. The van der Waals surface area contributed by atoms with Crippen molar-refractivity contribution >= 4 is 159 Å². The second kappa shape index (κ2) is 20.7. The Kier molecular flexibility index (Phi) is 12.2. The monoisotopic (exact) mass is 1260 g/mol. The van der Waals surface area contributed by atoms with Crippen LogP contribution in [0, 0.1) is 0 Å². The molecule has 0 saturated carbocycles. The van der Waals surface area contributed by atoms with Crippen LogP contribution < -0.4 is 26.0 Å². The Labute approximate surface area is 557 Å². The first-order valence-corrected chi connectivity index (χ1v) is 34.8. The quantitative estimate of drug-likeness (QED) is 0.149. The van der Waals surface area contributed by atoms with Crippen LogP contribution >= 0.6 is 34.4 Å². The topological polar surface area (TPSA) is 38.8 Å². The molecule has 0 atom stereocenters. The van der Waals surface area contributed by atoms with Crippen molar-refractivity contribution in [2.24, 2.45) is 0 Å². The van der Waals surface area contributed by atoms with E-state index < -0.39 is 0 Å². The summed E-state index contributed by atoms with van der Waals surface area (Å²) in [6.45, 7) is 13.6. The maximum Gasteiger partial charge on any atom is 0.253 e. The summed E-state index contributed by atoms with van der Waals surface area (Å²) >= 11 is 5.66. The third kappa shape index (κ3) is 8.66. The van der Waals surface area contributed by atoms with Gasteiger partial charge in [0.15, 0.2) is 0 Å². The van der Waals surface area contributed by atoms with Crippen LogP contribution in [-0.2, 0) is 10.8 Å². The van der Waals surface area contributed by atoms with Gasteiger partial charge in [-0.2, -0.15) is 0 Å². The molecule has 0 spiro atoms. The molecule has 0 unspecified atom stereocenters. The summed E-state index contributed by atoms with van der Waals surface area (Å²) in [5, 5.41) is 9.55. The number of rotatable bonds is 7. The SMILES string of the molecule is CC(C)(C)c1ccc(N(c2ccc(C(C)(C)C)cc2)c2ccc3c(c2)Sc2cc(-c4ccc5c(sc6ccc7sc8ccccc8c7c65)c4-c4ccccc4)cc4c2B3c2ccc(-c3ccc5c(c3)oc3c(-c6ccccc6)cc6oc7ccccc7c6c35)cc2O4)cc1. The Morgan fingerprint density at radius 1 is 0.362 bits per heavy atom. The van der Waals surface area contributed by atoms with Gasteiger partial charge in [0.05, 0.1) is 0 Å². The van der Waals surface area contributed by atoms with E-state index >= 15 is 0 Å². The number of hydrogen-bond acceptors (Lipinski definition) is 7. The molecule has 2 aliphatic rings. The molecule has 94 heavy (non-hydrogen) atoms. The lowest BCUT2D eigenvalue weighted by Gasteiger charge is -2.35. The van der Waals surface area contributed by atoms with Crippen molar-refractivity contribution in [2.45, 2.75) is 62.2 Å². The van der Waals surface area contributed by atoms with E-state index in [4.69, 9.17) is 13.6 Å². The summed E-state index contributed by atoms with van der Waals surface area (Å²) in [5.74, 6) is 1.72. The smallest absolute Gasteiger partial charge is 0.253 e. The fourth-order valence-electron chi connectivity index (χ4n) is 15.1. The Morgan fingerprint density at radius 3 is 1.71 bits per heavy atom. The number of para-hydroxylation sites is 1. The van der Waals surface area contributed by atoms with Gasteiger partial charge in [-0.25, -0.2) is 0 Å². The second-order valence-electron chi connectivity index (χ2n) is 27.4. The fourth-order valence-corrected chi connectivity index (χ4v) is 18.7. The zero-order valence-electron chi connectivity index (χ0n) is 52.7. The lowest BCUT2D eigenvalue weighted by atomic mass is 9.35. The van der Waals surface area contributed by atoms with Crippen LogP contribution in [0.2, 0.25) is 0 Å². The van der Waals surface area contributed by atoms with E-state index in [1.54, 1.807) is 0 Å². The normalized spacial score (nSPS) is 13.0. The molecule has 0 bridgehead atoms. The standard InChI is InChI=1S/C86H60BNO3S3/c1-85(2,3)54-27-31-56(32-28-54)88(57-33-29-55(30-34-57)86(4,5)6)58-35-40-66-75(47-58)93-76-46-53(59-37-38-63-80-74(94-84(63)77(59)50-19-11-8-12-20-50)42-41-73-79(80)62-22-14-16-24-72(62)92-73)45-71-82(76)87(66)65-39-26-52(44-69(65)90-71)51-25-36-61-68(43-51)91-83-64(49-17-9-7-10-18-49)48-70-78(81(61)83)60-21-13-15-23-67(60)89-70/h7-48H,1-6H3. The van der Waals surface area contributed by atoms with Gasteiger partial charge >= 0.3 is 0 Å². The first-order valence-electron chi connectivity index (χ1n) is 32.4. The highest BCUT2D eigenvalue weighted by Gasteiger charge is 2.40. The highest BCUT2D eigenvalue weighted by molar-refractivity contribution is 8.00. The Morgan fingerprint density at radius 2 is 0.968 bits per heavy atom. The highest BCUT2D eigenvalue weighted by Crippen LogP contribution is 2.52. The van der Waals surface area contributed by atoms with E-state index in [-0.39, 0.29) is 17.5 Å². The summed E-state index contributed by atoms with van der Waals surface area (Å²) in [5.41, 5.74) is 21.8. The number of hydrogen-bond donors (Lipinski definition) is 0. The molecule has 19 rings (SSSR count). The van der Waals surface area contributed by atoms with Crippen molar-refractivity contribution in [3.63, 3.8) is 0 Å². The van der Waals surface area contributed by atoms with Crippen LogP contribution in [0.4, 0.5) is 17.1 Å². The minimum absolute atomic E-state index is 0.0171. The molecule has 8 heteroatoms. The van der Waals surface area contributed by atoms with Crippen molar-refractivity contribution in [2.75, 3.05) is 4.90 Å². The lowest BCUT2D eigenvalue weighted by Crippen LogP contribution is -2.57. The van der Waals surface area contributed by atoms with E-state index in [2.05, 4.69) is 295 Å². The van der Waals surface area contributed by atoms with E-state index in [1.807, 2.05) is 40.5 Å². The number of thiophene rings is 2. The number of anilines is 3. The largest absolute Gasteiger partial charge is 0.458 e. The van der Waals surface area contributed by atoms with Gasteiger partial charge in [-0.3, -0.25) is 0 Å². The molecule has 4 nitrogen and oxygen atoms in total. The van der Waals surface area contributed by atoms with E-state index in [0.717, 1.165) is 106 Å². The van der Waals surface area contributed by atoms with E-state index in [9.17, 15) is 0 Å². The predicted molar refractivity (Wildman–Crippen MR) is 402 cm³/mol. The van der Waals surface area contributed by atoms with Crippen LogP contribution in [0.15, 0.2) is 273 Å². The molecule has 448 valence electrons. The van der Waals surface area contributed by atoms with Crippen molar-refractivity contribution in [1.29, 1.82) is 0 Å². The average molecular weight is 1260 g/mol. The minimum Gasteiger partial charge on any atom is -0.458 e. The van der Waals surface area contributed by atoms with E-state index in [0.29, 0.717) is 0 Å². The van der Waals surface area contributed by atoms with Crippen LogP contribution in [0.3, 0.4) is 0 Å². The molecule has 0 aliphatic carbocycles. The number of furan rings is 2. The molecule has 2 aliphatic heterocycles. The molecule has 4 aromatic heterocycles. The van der Waals surface area contributed by atoms with Crippen molar-refractivity contribution in [1.82, 2.24) is 0 Å². The molecule has 0 fully saturated rings. The van der Waals surface area contributed by atoms with Crippen LogP contribution in [0.1, 0.15) is 52.7 Å².